The topological polar surface area (TPSA) is 4.93 Å². The van der Waals surface area contributed by atoms with Gasteiger partial charge in [-0.05, 0) is 18.2 Å². The fourth-order valence-electron chi connectivity index (χ4n) is 1.36. The van der Waals surface area contributed by atoms with Crippen molar-refractivity contribution in [3.63, 3.8) is 0 Å². The Bertz CT molecular complexity index is 460. The quantitative estimate of drug-likeness (QED) is 0.654. The fraction of sp³-hybridized carbons (Fsp3) is 0.0909. The predicted octanol–water partition coefficient (Wildman–Crippen LogP) is 2.77. The molecule has 1 heterocycles. The van der Waals surface area contributed by atoms with E-state index in [2.05, 4.69) is 6.07 Å². The molecule has 0 aliphatic heterocycles. The van der Waals surface area contributed by atoms with E-state index in [0.717, 1.165) is 6.07 Å². The van der Waals surface area contributed by atoms with Gasteiger partial charge in [0.05, 0.1) is 5.69 Å². The Balaban J connectivity index is 2.58. The third-order valence-electron chi connectivity index (χ3n) is 2.08. The lowest BCUT2D eigenvalue weighted by Crippen LogP contribution is -1.92. The van der Waals surface area contributed by atoms with E-state index >= 15 is 0 Å². The highest BCUT2D eigenvalue weighted by Crippen LogP contribution is 2.22. The Kier molecular flexibility index (Phi) is 2.08. The molecule has 2 rings (SSSR count). The first kappa shape index (κ1) is 8.94. The molecular formula is C11H8F2N. The van der Waals surface area contributed by atoms with Crippen molar-refractivity contribution in [2.24, 2.45) is 7.05 Å². The summed E-state index contributed by atoms with van der Waals surface area (Å²) in [6.45, 7) is 0. The van der Waals surface area contributed by atoms with Crippen LogP contribution in [0.4, 0.5) is 8.78 Å². The van der Waals surface area contributed by atoms with Crippen LogP contribution >= 0.6 is 0 Å². The number of aromatic nitrogens is 1. The van der Waals surface area contributed by atoms with Crippen LogP contribution in [-0.4, -0.2) is 4.57 Å². The third kappa shape index (κ3) is 1.41. The number of benzene rings is 1. The van der Waals surface area contributed by atoms with E-state index < -0.39 is 11.6 Å². The van der Waals surface area contributed by atoms with Crippen molar-refractivity contribution in [2.45, 2.75) is 0 Å². The van der Waals surface area contributed by atoms with Gasteiger partial charge in [-0.2, -0.15) is 0 Å². The zero-order valence-corrected chi connectivity index (χ0v) is 7.59. The number of hydrogen-bond acceptors (Lipinski definition) is 0. The second-order valence-corrected chi connectivity index (χ2v) is 3.06. The van der Waals surface area contributed by atoms with Crippen molar-refractivity contribution < 1.29 is 8.78 Å². The van der Waals surface area contributed by atoms with Gasteiger partial charge < -0.3 is 4.57 Å². The Hall–Kier alpha value is -1.64. The van der Waals surface area contributed by atoms with Gasteiger partial charge in [0, 0.05) is 30.9 Å². The van der Waals surface area contributed by atoms with Gasteiger partial charge >= 0.3 is 0 Å². The maximum absolute atomic E-state index is 13.3. The molecule has 0 aliphatic carbocycles. The molecular weight excluding hydrogens is 184 g/mol. The molecule has 1 radical (unpaired) electrons. The summed E-state index contributed by atoms with van der Waals surface area (Å²) < 4.78 is 27.7. The summed E-state index contributed by atoms with van der Waals surface area (Å²) in [4.78, 5) is 0. The number of hydrogen-bond donors (Lipinski definition) is 0. The van der Waals surface area contributed by atoms with Crippen LogP contribution in [0.1, 0.15) is 0 Å². The number of aryl methyl sites for hydroxylation is 1. The number of rotatable bonds is 1. The first-order valence-electron chi connectivity index (χ1n) is 4.16. The van der Waals surface area contributed by atoms with Gasteiger partial charge in [0.1, 0.15) is 11.6 Å². The van der Waals surface area contributed by atoms with Crippen LogP contribution in [0.2, 0.25) is 0 Å². The van der Waals surface area contributed by atoms with Crippen LogP contribution in [0.15, 0.2) is 30.5 Å². The molecule has 0 saturated carbocycles. The molecule has 0 spiro atoms. The van der Waals surface area contributed by atoms with E-state index in [4.69, 9.17) is 0 Å². The lowest BCUT2D eigenvalue weighted by Gasteiger charge is -2.04. The van der Waals surface area contributed by atoms with Crippen LogP contribution in [0.5, 0.6) is 0 Å². The average Bonchev–Trinajstić information content (AvgIpc) is 2.52. The van der Waals surface area contributed by atoms with Crippen molar-refractivity contribution in [1.29, 1.82) is 0 Å². The standard InChI is InChI=1S/C11H8F2N/c1-14-6-2-3-11(14)9-5-4-8(12)7-10(9)13/h3-7H,1H3. The predicted molar refractivity (Wildman–Crippen MR) is 49.6 cm³/mol. The minimum Gasteiger partial charge on any atom is -0.350 e. The first-order valence-corrected chi connectivity index (χ1v) is 4.16. The summed E-state index contributed by atoms with van der Waals surface area (Å²) in [5, 5.41) is 0. The van der Waals surface area contributed by atoms with Crippen molar-refractivity contribution in [1.82, 2.24) is 4.57 Å². The summed E-state index contributed by atoms with van der Waals surface area (Å²) >= 11 is 0. The summed E-state index contributed by atoms with van der Waals surface area (Å²) in [6.07, 6.45) is 1.69. The monoisotopic (exact) mass is 192 g/mol. The molecule has 14 heavy (non-hydrogen) atoms. The van der Waals surface area contributed by atoms with Gasteiger partial charge in [-0.1, -0.05) is 0 Å². The SMILES string of the molecule is Cn1c[c]cc1-c1ccc(F)cc1F. The molecule has 1 aromatic carbocycles. The average molecular weight is 192 g/mol. The highest BCUT2D eigenvalue weighted by Gasteiger charge is 2.08. The van der Waals surface area contributed by atoms with Crippen molar-refractivity contribution >= 4 is 0 Å². The van der Waals surface area contributed by atoms with E-state index in [0.29, 0.717) is 11.3 Å². The lowest BCUT2D eigenvalue weighted by molar-refractivity contribution is 0.585. The summed E-state index contributed by atoms with van der Waals surface area (Å²) in [5.41, 5.74) is 1.07. The second-order valence-electron chi connectivity index (χ2n) is 3.06. The maximum Gasteiger partial charge on any atom is 0.135 e. The van der Waals surface area contributed by atoms with E-state index in [1.807, 2.05) is 0 Å². The van der Waals surface area contributed by atoms with Crippen molar-refractivity contribution in [2.75, 3.05) is 0 Å². The van der Waals surface area contributed by atoms with Gasteiger partial charge in [-0.15, -0.1) is 0 Å². The molecule has 0 amide bonds. The Labute approximate surface area is 80.6 Å². The molecule has 0 unspecified atom stereocenters. The van der Waals surface area contributed by atoms with Crippen LogP contribution < -0.4 is 0 Å². The van der Waals surface area contributed by atoms with Gasteiger partial charge in [0.25, 0.3) is 0 Å². The van der Waals surface area contributed by atoms with Gasteiger partial charge in [-0.25, -0.2) is 8.78 Å². The molecule has 0 saturated heterocycles. The van der Waals surface area contributed by atoms with Gasteiger partial charge in [0.15, 0.2) is 0 Å². The smallest absolute Gasteiger partial charge is 0.135 e. The molecule has 1 nitrogen and oxygen atoms in total. The minimum absolute atomic E-state index is 0.384. The maximum atomic E-state index is 13.3. The van der Waals surface area contributed by atoms with Gasteiger partial charge in [0.2, 0.25) is 0 Å². The Morgan fingerprint density at radius 3 is 2.64 bits per heavy atom. The van der Waals surface area contributed by atoms with E-state index in [1.54, 1.807) is 23.9 Å². The molecule has 0 bridgehead atoms. The normalized spacial score (nSPS) is 10.5. The summed E-state index contributed by atoms with van der Waals surface area (Å²) in [7, 11) is 1.79. The summed E-state index contributed by atoms with van der Waals surface area (Å²) in [5.74, 6) is -1.12. The molecule has 0 aliphatic rings. The fourth-order valence-corrected chi connectivity index (χ4v) is 1.36. The molecule has 71 valence electrons. The van der Waals surface area contributed by atoms with Crippen LogP contribution in [-0.2, 0) is 7.05 Å². The van der Waals surface area contributed by atoms with E-state index in [1.165, 1.54) is 12.1 Å². The molecule has 0 N–H and O–H groups in total. The molecule has 2 aromatic rings. The van der Waals surface area contributed by atoms with Crippen molar-refractivity contribution in [3.05, 3.63) is 48.2 Å². The molecule has 1 aromatic heterocycles. The second kappa shape index (κ2) is 3.25. The third-order valence-corrected chi connectivity index (χ3v) is 2.08. The summed E-state index contributed by atoms with van der Waals surface area (Å²) in [6, 6.07) is 8.05. The highest BCUT2D eigenvalue weighted by atomic mass is 19.1. The molecule has 0 atom stereocenters. The lowest BCUT2D eigenvalue weighted by atomic mass is 10.1. The van der Waals surface area contributed by atoms with Gasteiger partial charge in [-0.3, -0.25) is 0 Å². The number of halogens is 2. The Morgan fingerprint density at radius 2 is 2.07 bits per heavy atom. The zero-order chi connectivity index (χ0) is 10.1. The number of nitrogens with zero attached hydrogens (tertiary/aromatic N) is 1. The van der Waals surface area contributed by atoms with Crippen LogP contribution in [0, 0.1) is 17.7 Å². The van der Waals surface area contributed by atoms with Crippen LogP contribution in [0.25, 0.3) is 11.3 Å². The minimum atomic E-state index is -0.565. The zero-order valence-electron chi connectivity index (χ0n) is 7.59. The molecule has 0 fully saturated rings. The highest BCUT2D eigenvalue weighted by molar-refractivity contribution is 5.60. The van der Waals surface area contributed by atoms with E-state index in [9.17, 15) is 8.78 Å². The van der Waals surface area contributed by atoms with Crippen molar-refractivity contribution in [3.8, 4) is 11.3 Å². The van der Waals surface area contributed by atoms with Crippen LogP contribution in [0.3, 0.4) is 0 Å². The Morgan fingerprint density at radius 1 is 1.29 bits per heavy atom. The molecule has 3 heteroatoms. The largest absolute Gasteiger partial charge is 0.350 e. The van der Waals surface area contributed by atoms with E-state index in [-0.39, 0.29) is 0 Å². The first-order chi connectivity index (χ1) is 6.68.